The number of methoxy groups -OCH3 is 2. The smallest absolute Gasteiger partial charge is 0.161 e. The third-order valence-electron chi connectivity index (χ3n) is 3.95. The molecule has 0 spiro atoms. The van der Waals surface area contributed by atoms with Crippen molar-refractivity contribution in [2.45, 2.75) is 38.6 Å². The first-order chi connectivity index (χ1) is 9.30. The maximum absolute atomic E-state index is 5.41. The van der Waals surface area contributed by atoms with E-state index in [0.717, 1.165) is 11.5 Å². The highest BCUT2D eigenvalue weighted by molar-refractivity contribution is 5.44. The number of rotatable bonds is 6. The van der Waals surface area contributed by atoms with Crippen molar-refractivity contribution in [1.29, 1.82) is 0 Å². The number of hydrogen-bond acceptors (Lipinski definition) is 3. The third-order valence-corrected chi connectivity index (χ3v) is 3.95. The van der Waals surface area contributed by atoms with E-state index in [9.17, 15) is 0 Å². The van der Waals surface area contributed by atoms with Crippen LogP contribution in [0.5, 0.6) is 11.5 Å². The van der Waals surface area contributed by atoms with Gasteiger partial charge in [0.1, 0.15) is 0 Å². The Morgan fingerprint density at radius 2 is 2.00 bits per heavy atom. The van der Waals surface area contributed by atoms with Crippen LogP contribution in [0.15, 0.2) is 18.2 Å². The second-order valence-electron chi connectivity index (χ2n) is 5.16. The van der Waals surface area contributed by atoms with Crippen LogP contribution < -0.4 is 9.47 Å². The molecular formula is C16H25NO2. The number of ether oxygens (including phenoxy) is 2. The summed E-state index contributed by atoms with van der Waals surface area (Å²) < 4.78 is 10.7. The van der Waals surface area contributed by atoms with Crippen LogP contribution in [-0.2, 0) is 0 Å². The van der Waals surface area contributed by atoms with E-state index < -0.39 is 0 Å². The Kier molecular flexibility index (Phi) is 5.08. The molecule has 1 fully saturated rings. The van der Waals surface area contributed by atoms with E-state index in [-0.39, 0.29) is 0 Å². The average molecular weight is 263 g/mol. The van der Waals surface area contributed by atoms with Gasteiger partial charge >= 0.3 is 0 Å². The monoisotopic (exact) mass is 263 g/mol. The summed E-state index contributed by atoms with van der Waals surface area (Å²) in [6.45, 7) is 4.68. The Morgan fingerprint density at radius 3 is 2.68 bits per heavy atom. The van der Waals surface area contributed by atoms with Crippen LogP contribution in [0.25, 0.3) is 0 Å². The molecule has 0 radical (unpaired) electrons. The van der Waals surface area contributed by atoms with Gasteiger partial charge in [-0.25, -0.2) is 0 Å². The molecule has 0 amide bonds. The molecule has 2 rings (SSSR count). The molecule has 1 aliphatic rings. The lowest BCUT2D eigenvalue weighted by Crippen LogP contribution is -2.24. The minimum Gasteiger partial charge on any atom is -0.493 e. The summed E-state index contributed by atoms with van der Waals surface area (Å²) in [6.07, 6.45) is 5.08. The zero-order chi connectivity index (χ0) is 13.7. The molecule has 0 aromatic heterocycles. The molecule has 1 aliphatic heterocycles. The first-order valence-corrected chi connectivity index (χ1v) is 7.26. The van der Waals surface area contributed by atoms with E-state index >= 15 is 0 Å². The normalized spacial score (nSPS) is 19.6. The van der Waals surface area contributed by atoms with Crippen LogP contribution in [0.4, 0.5) is 0 Å². The molecule has 3 heteroatoms. The standard InChI is InChI=1S/C16H25NO2/c1-4-5-10-17-11-6-7-14(17)13-8-9-15(18-2)16(12-13)19-3/h8-9,12,14H,4-7,10-11H2,1-3H3. The molecule has 1 aromatic carbocycles. The molecule has 1 unspecified atom stereocenters. The van der Waals surface area contributed by atoms with Crippen LogP contribution in [-0.4, -0.2) is 32.2 Å². The first-order valence-electron chi connectivity index (χ1n) is 7.26. The van der Waals surface area contributed by atoms with E-state index in [1.807, 2.05) is 6.07 Å². The van der Waals surface area contributed by atoms with Crippen LogP contribution in [0, 0.1) is 0 Å². The van der Waals surface area contributed by atoms with E-state index in [4.69, 9.17) is 9.47 Å². The van der Waals surface area contributed by atoms with Crippen molar-refractivity contribution >= 4 is 0 Å². The van der Waals surface area contributed by atoms with Gasteiger partial charge in [-0.15, -0.1) is 0 Å². The van der Waals surface area contributed by atoms with Gasteiger partial charge in [0.25, 0.3) is 0 Å². The molecule has 0 bridgehead atoms. The summed E-state index contributed by atoms with van der Waals surface area (Å²) in [7, 11) is 3.38. The predicted octanol–water partition coefficient (Wildman–Crippen LogP) is 3.64. The maximum Gasteiger partial charge on any atom is 0.161 e. The van der Waals surface area contributed by atoms with Crippen molar-refractivity contribution < 1.29 is 9.47 Å². The van der Waals surface area contributed by atoms with Gasteiger partial charge in [0, 0.05) is 6.04 Å². The number of unbranched alkanes of at least 4 members (excludes halogenated alkanes) is 1. The van der Waals surface area contributed by atoms with Gasteiger partial charge < -0.3 is 9.47 Å². The Labute approximate surface area is 116 Å². The van der Waals surface area contributed by atoms with Crippen LogP contribution in [0.3, 0.4) is 0 Å². The van der Waals surface area contributed by atoms with Crippen molar-refractivity contribution in [2.24, 2.45) is 0 Å². The van der Waals surface area contributed by atoms with Crippen molar-refractivity contribution in [2.75, 3.05) is 27.3 Å². The van der Waals surface area contributed by atoms with Crippen molar-refractivity contribution in [3.8, 4) is 11.5 Å². The summed E-state index contributed by atoms with van der Waals surface area (Å²) >= 11 is 0. The Hall–Kier alpha value is -1.22. The first kappa shape index (κ1) is 14.2. The predicted molar refractivity (Wildman–Crippen MR) is 78.0 cm³/mol. The number of hydrogen-bond donors (Lipinski definition) is 0. The van der Waals surface area contributed by atoms with Crippen molar-refractivity contribution in [3.05, 3.63) is 23.8 Å². The highest BCUT2D eigenvalue weighted by atomic mass is 16.5. The van der Waals surface area contributed by atoms with E-state index in [1.165, 1.54) is 44.3 Å². The second-order valence-corrected chi connectivity index (χ2v) is 5.16. The fraction of sp³-hybridized carbons (Fsp3) is 0.625. The lowest BCUT2D eigenvalue weighted by Gasteiger charge is -2.25. The number of benzene rings is 1. The van der Waals surface area contributed by atoms with Crippen LogP contribution in [0.1, 0.15) is 44.2 Å². The van der Waals surface area contributed by atoms with E-state index in [1.54, 1.807) is 14.2 Å². The summed E-state index contributed by atoms with van der Waals surface area (Å²) in [4.78, 5) is 2.60. The second kappa shape index (κ2) is 6.80. The topological polar surface area (TPSA) is 21.7 Å². The zero-order valence-electron chi connectivity index (χ0n) is 12.3. The molecule has 1 saturated heterocycles. The molecule has 1 aromatic rings. The Balaban J connectivity index is 2.16. The molecule has 1 heterocycles. The molecule has 106 valence electrons. The van der Waals surface area contributed by atoms with Crippen molar-refractivity contribution in [1.82, 2.24) is 4.90 Å². The lowest BCUT2D eigenvalue weighted by molar-refractivity contribution is 0.252. The quantitative estimate of drug-likeness (QED) is 0.782. The molecular weight excluding hydrogens is 238 g/mol. The van der Waals surface area contributed by atoms with Gasteiger partial charge in [-0.1, -0.05) is 19.4 Å². The third kappa shape index (κ3) is 3.21. The number of nitrogens with zero attached hydrogens (tertiary/aromatic N) is 1. The fourth-order valence-electron chi connectivity index (χ4n) is 2.89. The highest BCUT2D eigenvalue weighted by Gasteiger charge is 2.26. The maximum atomic E-state index is 5.41. The summed E-state index contributed by atoms with van der Waals surface area (Å²) in [5.41, 5.74) is 1.35. The van der Waals surface area contributed by atoms with E-state index in [2.05, 4.69) is 24.0 Å². The lowest BCUT2D eigenvalue weighted by atomic mass is 10.0. The Bertz CT molecular complexity index is 406. The highest BCUT2D eigenvalue weighted by Crippen LogP contribution is 2.36. The largest absolute Gasteiger partial charge is 0.493 e. The molecule has 19 heavy (non-hydrogen) atoms. The van der Waals surface area contributed by atoms with E-state index in [0.29, 0.717) is 6.04 Å². The minimum atomic E-state index is 0.548. The minimum absolute atomic E-state index is 0.548. The Morgan fingerprint density at radius 1 is 1.21 bits per heavy atom. The van der Waals surface area contributed by atoms with Gasteiger partial charge in [-0.2, -0.15) is 0 Å². The molecule has 0 saturated carbocycles. The van der Waals surface area contributed by atoms with Crippen LogP contribution in [0.2, 0.25) is 0 Å². The van der Waals surface area contributed by atoms with Gasteiger partial charge in [-0.05, 0) is 50.0 Å². The summed E-state index contributed by atoms with van der Waals surface area (Å²) in [6, 6.07) is 6.88. The molecule has 3 nitrogen and oxygen atoms in total. The number of likely N-dealkylation sites (tertiary alicyclic amines) is 1. The molecule has 0 aliphatic carbocycles. The summed E-state index contributed by atoms with van der Waals surface area (Å²) in [5, 5.41) is 0. The van der Waals surface area contributed by atoms with Gasteiger partial charge in [0.05, 0.1) is 14.2 Å². The molecule has 1 atom stereocenters. The summed E-state index contributed by atoms with van der Waals surface area (Å²) in [5.74, 6) is 1.65. The van der Waals surface area contributed by atoms with Gasteiger partial charge in [0.2, 0.25) is 0 Å². The fourth-order valence-corrected chi connectivity index (χ4v) is 2.89. The van der Waals surface area contributed by atoms with Gasteiger partial charge in [0.15, 0.2) is 11.5 Å². The van der Waals surface area contributed by atoms with Gasteiger partial charge in [-0.3, -0.25) is 4.90 Å². The zero-order valence-corrected chi connectivity index (χ0v) is 12.3. The SMILES string of the molecule is CCCCN1CCCC1c1ccc(OC)c(OC)c1. The van der Waals surface area contributed by atoms with Crippen LogP contribution >= 0.6 is 0 Å². The average Bonchev–Trinajstić information content (AvgIpc) is 2.92. The van der Waals surface area contributed by atoms with Crippen molar-refractivity contribution in [3.63, 3.8) is 0 Å². The molecule has 0 N–H and O–H groups in total.